The first-order valence-electron chi connectivity index (χ1n) is 7.01. The summed E-state index contributed by atoms with van der Waals surface area (Å²) in [5, 5.41) is 6.42. The lowest BCUT2D eigenvalue weighted by atomic mass is 10.0. The second-order valence-electron chi connectivity index (χ2n) is 4.89. The summed E-state index contributed by atoms with van der Waals surface area (Å²) >= 11 is 1.63. The number of rotatable bonds is 6. The van der Waals surface area contributed by atoms with Crippen molar-refractivity contribution in [3.05, 3.63) is 24.3 Å². The minimum atomic E-state index is -0.114. The number of anilines is 1. The molecule has 0 saturated carbocycles. The molecule has 20 heavy (non-hydrogen) atoms. The van der Waals surface area contributed by atoms with Crippen LogP contribution in [0.3, 0.4) is 0 Å². The third kappa shape index (κ3) is 3.75. The second kappa shape index (κ2) is 7.67. The number of thioether (sulfide) groups is 1. The van der Waals surface area contributed by atoms with Crippen molar-refractivity contribution < 1.29 is 9.53 Å². The number of carbonyl (C=O) groups excluding carboxylic acids is 1. The summed E-state index contributed by atoms with van der Waals surface area (Å²) in [5.74, 6) is -0.0749. The molecule has 2 N–H and O–H groups in total. The Morgan fingerprint density at radius 1 is 1.40 bits per heavy atom. The van der Waals surface area contributed by atoms with E-state index in [1.54, 1.807) is 11.8 Å². The summed E-state index contributed by atoms with van der Waals surface area (Å²) in [6.07, 6.45) is 3.06. The Balaban J connectivity index is 2.00. The summed E-state index contributed by atoms with van der Waals surface area (Å²) in [6.45, 7) is 4.14. The van der Waals surface area contributed by atoms with Gasteiger partial charge in [0.1, 0.15) is 0 Å². The van der Waals surface area contributed by atoms with Crippen LogP contribution in [0.5, 0.6) is 0 Å². The Morgan fingerprint density at radius 3 is 2.95 bits per heavy atom. The van der Waals surface area contributed by atoms with E-state index in [9.17, 15) is 4.79 Å². The van der Waals surface area contributed by atoms with Gasteiger partial charge in [0.05, 0.1) is 24.8 Å². The maximum atomic E-state index is 12.4. The van der Waals surface area contributed by atoms with Crippen molar-refractivity contribution >= 4 is 23.4 Å². The van der Waals surface area contributed by atoms with Crippen LogP contribution < -0.4 is 10.6 Å². The van der Waals surface area contributed by atoms with Crippen LogP contribution in [0.25, 0.3) is 0 Å². The van der Waals surface area contributed by atoms with Crippen molar-refractivity contribution in [2.75, 3.05) is 31.3 Å². The Morgan fingerprint density at radius 2 is 2.20 bits per heavy atom. The van der Waals surface area contributed by atoms with E-state index in [1.807, 2.05) is 30.5 Å². The molecule has 1 aliphatic heterocycles. The van der Waals surface area contributed by atoms with Crippen LogP contribution in [-0.4, -0.2) is 38.0 Å². The van der Waals surface area contributed by atoms with E-state index in [1.165, 1.54) is 0 Å². The molecule has 5 heteroatoms. The number of nitrogens with one attached hydrogen (secondary N) is 2. The highest BCUT2D eigenvalue weighted by Crippen LogP contribution is 2.26. The fraction of sp³-hybridized carbons (Fsp3) is 0.533. The van der Waals surface area contributed by atoms with Gasteiger partial charge >= 0.3 is 0 Å². The van der Waals surface area contributed by atoms with E-state index in [-0.39, 0.29) is 17.9 Å². The second-order valence-corrected chi connectivity index (χ2v) is 5.74. The summed E-state index contributed by atoms with van der Waals surface area (Å²) in [5.41, 5.74) is 0.881. The molecular formula is C15H22N2O2S. The quantitative estimate of drug-likeness (QED) is 0.791. The normalized spacial score (nSPS) is 21.9. The molecule has 110 valence electrons. The van der Waals surface area contributed by atoms with Crippen LogP contribution in [0, 0.1) is 5.92 Å². The predicted molar refractivity (Wildman–Crippen MR) is 83.2 cm³/mol. The highest BCUT2D eigenvalue weighted by atomic mass is 32.2. The average Bonchev–Trinajstić information content (AvgIpc) is 2.94. The lowest BCUT2D eigenvalue weighted by molar-refractivity contribution is -0.120. The summed E-state index contributed by atoms with van der Waals surface area (Å²) in [6, 6.07) is 7.99. The van der Waals surface area contributed by atoms with Gasteiger partial charge in [-0.15, -0.1) is 11.8 Å². The van der Waals surface area contributed by atoms with Crippen molar-refractivity contribution in [1.82, 2.24) is 5.32 Å². The van der Waals surface area contributed by atoms with Crippen molar-refractivity contribution in [3.63, 3.8) is 0 Å². The molecule has 0 radical (unpaired) electrons. The predicted octanol–water partition coefficient (Wildman–Crippen LogP) is 2.36. The SMILES string of the molecule is CCCNC1COCC1C(=O)Nc1ccccc1SC. The molecule has 1 amide bonds. The number of hydrogen-bond donors (Lipinski definition) is 2. The molecule has 1 saturated heterocycles. The van der Waals surface area contributed by atoms with Crippen LogP contribution >= 0.6 is 11.8 Å². The molecule has 0 aromatic heterocycles. The van der Waals surface area contributed by atoms with Gasteiger partial charge < -0.3 is 15.4 Å². The first-order valence-corrected chi connectivity index (χ1v) is 8.23. The topological polar surface area (TPSA) is 50.4 Å². The molecular weight excluding hydrogens is 272 g/mol. The Labute approximate surface area is 124 Å². The highest BCUT2D eigenvalue weighted by Gasteiger charge is 2.33. The number of ether oxygens (including phenoxy) is 1. The lowest BCUT2D eigenvalue weighted by Gasteiger charge is -2.19. The van der Waals surface area contributed by atoms with Crippen molar-refractivity contribution in [1.29, 1.82) is 0 Å². The molecule has 0 aliphatic carbocycles. The van der Waals surface area contributed by atoms with Gasteiger partial charge in [-0.25, -0.2) is 0 Å². The Bertz CT molecular complexity index is 453. The van der Waals surface area contributed by atoms with Gasteiger partial charge in [-0.1, -0.05) is 19.1 Å². The largest absolute Gasteiger partial charge is 0.379 e. The third-order valence-corrected chi connectivity index (χ3v) is 4.23. The Hall–Kier alpha value is -1.04. The van der Waals surface area contributed by atoms with Gasteiger partial charge in [0.2, 0.25) is 5.91 Å². The molecule has 1 fully saturated rings. The highest BCUT2D eigenvalue weighted by molar-refractivity contribution is 7.98. The summed E-state index contributed by atoms with van der Waals surface area (Å²) < 4.78 is 5.45. The number of para-hydroxylation sites is 1. The lowest BCUT2D eigenvalue weighted by Crippen LogP contribution is -2.41. The zero-order valence-corrected chi connectivity index (χ0v) is 12.8. The molecule has 4 nitrogen and oxygen atoms in total. The van der Waals surface area contributed by atoms with Crippen LogP contribution in [-0.2, 0) is 9.53 Å². The number of benzene rings is 1. The van der Waals surface area contributed by atoms with E-state index in [0.717, 1.165) is 23.5 Å². The molecule has 2 unspecified atom stereocenters. The van der Waals surface area contributed by atoms with Crippen molar-refractivity contribution in [2.24, 2.45) is 5.92 Å². The van der Waals surface area contributed by atoms with Crippen LogP contribution in [0.1, 0.15) is 13.3 Å². The van der Waals surface area contributed by atoms with Gasteiger partial charge in [0.25, 0.3) is 0 Å². The molecule has 1 aromatic carbocycles. The zero-order chi connectivity index (χ0) is 14.4. The first kappa shape index (κ1) is 15.4. The van der Waals surface area contributed by atoms with Gasteiger partial charge in [-0.3, -0.25) is 4.79 Å². The monoisotopic (exact) mass is 294 g/mol. The Kier molecular flexibility index (Phi) is 5.88. The van der Waals surface area contributed by atoms with Crippen molar-refractivity contribution in [3.8, 4) is 0 Å². The first-order chi connectivity index (χ1) is 9.76. The van der Waals surface area contributed by atoms with E-state index in [2.05, 4.69) is 17.6 Å². The average molecular weight is 294 g/mol. The summed E-state index contributed by atoms with van der Waals surface area (Å²) in [7, 11) is 0. The smallest absolute Gasteiger partial charge is 0.231 e. The third-order valence-electron chi connectivity index (χ3n) is 3.44. The number of hydrogen-bond acceptors (Lipinski definition) is 4. The molecule has 2 rings (SSSR count). The minimum absolute atomic E-state index is 0.0394. The fourth-order valence-electron chi connectivity index (χ4n) is 2.32. The van der Waals surface area contributed by atoms with Gasteiger partial charge in [0.15, 0.2) is 0 Å². The molecule has 0 bridgehead atoms. The van der Waals surface area contributed by atoms with Crippen LogP contribution in [0.2, 0.25) is 0 Å². The maximum absolute atomic E-state index is 12.4. The van der Waals surface area contributed by atoms with E-state index >= 15 is 0 Å². The fourth-order valence-corrected chi connectivity index (χ4v) is 2.87. The van der Waals surface area contributed by atoms with Crippen LogP contribution in [0.4, 0.5) is 5.69 Å². The van der Waals surface area contributed by atoms with Gasteiger partial charge in [0, 0.05) is 10.9 Å². The van der Waals surface area contributed by atoms with Gasteiger partial charge in [-0.2, -0.15) is 0 Å². The molecule has 2 atom stereocenters. The number of amides is 1. The zero-order valence-electron chi connectivity index (χ0n) is 12.0. The van der Waals surface area contributed by atoms with Crippen molar-refractivity contribution in [2.45, 2.75) is 24.3 Å². The molecule has 1 aliphatic rings. The number of carbonyl (C=O) groups is 1. The maximum Gasteiger partial charge on any atom is 0.231 e. The molecule has 0 spiro atoms. The van der Waals surface area contributed by atoms with E-state index < -0.39 is 0 Å². The standard InChI is InChI=1S/C15H22N2O2S/c1-3-8-16-13-10-19-9-11(13)15(18)17-12-6-4-5-7-14(12)20-2/h4-7,11,13,16H,3,8-10H2,1-2H3,(H,17,18). The van der Waals surface area contributed by atoms with E-state index in [4.69, 9.17) is 4.74 Å². The minimum Gasteiger partial charge on any atom is -0.379 e. The van der Waals surface area contributed by atoms with E-state index in [0.29, 0.717) is 13.2 Å². The molecule has 1 aromatic rings. The van der Waals surface area contributed by atoms with Gasteiger partial charge in [-0.05, 0) is 31.4 Å². The summed E-state index contributed by atoms with van der Waals surface area (Å²) in [4.78, 5) is 13.5. The molecule has 1 heterocycles. The van der Waals surface area contributed by atoms with Crippen LogP contribution in [0.15, 0.2) is 29.2 Å².